The summed E-state index contributed by atoms with van der Waals surface area (Å²) < 4.78 is 17.0. The van der Waals surface area contributed by atoms with Crippen LogP contribution in [0.4, 0.5) is 9.59 Å². The van der Waals surface area contributed by atoms with E-state index in [1.807, 2.05) is 0 Å². The van der Waals surface area contributed by atoms with Crippen molar-refractivity contribution in [2.24, 2.45) is 11.8 Å². The van der Waals surface area contributed by atoms with Crippen molar-refractivity contribution >= 4 is 29.8 Å². The van der Waals surface area contributed by atoms with Gasteiger partial charge >= 0.3 is 18.0 Å². The van der Waals surface area contributed by atoms with Crippen molar-refractivity contribution in [1.82, 2.24) is 20.4 Å². The summed E-state index contributed by atoms with van der Waals surface area (Å²) >= 11 is 0. The fourth-order valence-corrected chi connectivity index (χ4v) is 5.64. The van der Waals surface area contributed by atoms with Crippen LogP contribution in [0.15, 0.2) is 6.07 Å². The summed E-state index contributed by atoms with van der Waals surface area (Å²) in [6, 6.07) is -0.0901. The maximum absolute atomic E-state index is 12.9. The van der Waals surface area contributed by atoms with Crippen LogP contribution < -0.4 is 24.8 Å². The van der Waals surface area contributed by atoms with E-state index in [9.17, 15) is 24.0 Å². The number of amides is 6. The van der Waals surface area contributed by atoms with Gasteiger partial charge in [0.2, 0.25) is 17.6 Å². The molecule has 1 saturated carbocycles. The molecular weight excluding hydrogens is 424 g/mol. The van der Waals surface area contributed by atoms with Gasteiger partial charge in [-0.25, -0.2) is 9.59 Å². The van der Waals surface area contributed by atoms with Gasteiger partial charge in [0.15, 0.2) is 17.7 Å². The number of nitrogens with one attached hydrogen (secondary N) is 2. The summed E-state index contributed by atoms with van der Waals surface area (Å²) in [5.41, 5.74) is 1.00. The van der Waals surface area contributed by atoms with Gasteiger partial charge in [-0.15, -0.1) is 0 Å². The number of urea groups is 2. The van der Waals surface area contributed by atoms with Gasteiger partial charge in [-0.1, -0.05) is 0 Å². The SMILES string of the molecule is COc1c2c(cc3c1OC(=O)C1C3C3C(=O)NC(=O)N(C)C31)C1C(=O)NC(=O)N(C)C1O2. The first-order valence-corrected chi connectivity index (χ1v) is 10.0. The molecule has 12 heteroatoms. The highest BCUT2D eigenvalue weighted by molar-refractivity contribution is 6.04. The van der Waals surface area contributed by atoms with Gasteiger partial charge in [-0.05, 0) is 6.07 Å². The summed E-state index contributed by atoms with van der Waals surface area (Å²) in [6.45, 7) is 0. The maximum Gasteiger partial charge on any atom is 0.326 e. The minimum Gasteiger partial charge on any atom is -0.490 e. The predicted octanol–water partition coefficient (Wildman–Crippen LogP) is -0.522. The quantitative estimate of drug-likeness (QED) is 0.437. The molecule has 6 rings (SSSR count). The van der Waals surface area contributed by atoms with Crippen LogP contribution >= 0.6 is 0 Å². The fourth-order valence-electron chi connectivity index (χ4n) is 5.64. The molecule has 3 fully saturated rings. The topological polar surface area (TPSA) is 144 Å². The van der Waals surface area contributed by atoms with E-state index in [4.69, 9.17) is 14.2 Å². The molecular formula is C20H18N4O8. The van der Waals surface area contributed by atoms with Crippen molar-refractivity contribution in [2.45, 2.75) is 24.1 Å². The van der Waals surface area contributed by atoms with Gasteiger partial charge in [0.05, 0.1) is 25.0 Å². The fraction of sp³-hybridized carbons (Fsp3) is 0.450. The van der Waals surface area contributed by atoms with Crippen molar-refractivity contribution in [3.63, 3.8) is 0 Å². The molecule has 32 heavy (non-hydrogen) atoms. The van der Waals surface area contributed by atoms with Crippen molar-refractivity contribution < 1.29 is 38.2 Å². The zero-order valence-electron chi connectivity index (χ0n) is 17.2. The van der Waals surface area contributed by atoms with E-state index in [2.05, 4.69) is 10.6 Å². The normalized spacial score (nSPS) is 34.0. The van der Waals surface area contributed by atoms with Crippen LogP contribution in [-0.2, 0) is 14.4 Å². The molecule has 4 aliphatic heterocycles. The zero-order valence-corrected chi connectivity index (χ0v) is 17.2. The van der Waals surface area contributed by atoms with Crippen molar-refractivity contribution in [3.8, 4) is 17.2 Å². The minimum absolute atomic E-state index is 0.122. The number of hydrogen-bond acceptors (Lipinski definition) is 8. The van der Waals surface area contributed by atoms with E-state index in [-0.39, 0.29) is 17.2 Å². The van der Waals surface area contributed by atoms with Gasteiger partial charge < -0.3 is 19.1 Å². The van der Waals surface area contributed by atoms with Crippen molar-refractivity contribution in [1.29, 1.82) is 0 Å². The second-order valence-electron chi connectivity index (χ2n) is 8.53. The molecule has 0 radical (unpaired) electrons. The number of nitrogens with zero attached hydrogens (tertiary/aromatic N) is 2. The van der Waals surface area contributed by atoms with E-state index in [0.29, 0.717) is 11.1 Å². The van der Waals surface area contributed by atoms with Gasteiger partial charge in [0.1, 0.15) is 5.92 Å². The predicted molar refractivity (Wildman–Crippen MR) is 102 cm³/mol. The maximum atomic E-state index is 12.9. The molecule has 0 bridgehead atoms. The lowest BCUT2D eigenvalue weighted by Crippen LogP contribution is -2.72. The molecule has 1 aromatic carbocycles. The number of esters is 1. The summed E-state index contributed by atoms with van der Waals surface area (Å²) in [4.78, 5) is 64.9. The van der Waals surface area contributed by atoms with E-state index in [1.54, 1.807) is 6.07 Å². The highest BCUT2D eigenvalue weighted by Gasteiger charge is 2.66. The molecule has 6 unspecified atom stereocenters. The summed E-state index contributed by atoms with van der Waals surface area (Å²) in [5.74, 6) is -3.86. The molecule has 6 amide bonds. The molecule has 1 aromatic rings. The third-order valence-corrected chi connectivity index (χ3v) is 7.17. The average molecular weight is 442 g/mol. The Hall–Kier alpha value is -3.83. The Kier molecular flexibility index (Phi) is 3.48. The Balaban J connectivity index is 1.51. The van der Waals surface area contributed by atoms with Crippen LogP contribution in [0.2, 0.25) is 0 Å². The monoisotopic (exact) mass is 442 g/mol. The summed E-state index contributed by atoms with van der Waals surface area (Å²) in [7, 11) is 4.41. The zero-order chi connectivity index (χ0) is 22.6. The summed E-state index contributed by atoms with van der Waals surface area (Å²) in [5, 5.41) is 4.61. The minimum atomic E-state index is -0.883. The molecule has 5 aliphatic rings. The third kappa shape index (κ3) is 2.04. The van der Waals surface area contributed by atoms with E-state index < -0.39 is 65.8 Å². The molecule has 166 valence electrons. The Morgan fingerprint density at radius 1 is 0.875 bits per heavy atom. The van der Waals surface area contributed by atoms with Gasteiger partial charge in [0.25, 0.3) is 0 Å². The van der Waals surface area contributed by atoms with E-state index >= 15 is 0 Å². The van der Waals surface area contributed by atoms with Crippen molar-refractivity contribution in [2.75, 3.05) is 21.2 Å². The molecule has 2 saturated heterocycles. The van der Waals surface area contributed by atoms with Crippen LogP contribution in [0, 0.1) is 11.8 Å². The first-order chi connectivity index (χ1) is 15.2. The lowest BCUT2D eigenvalue weighted by molar-refractivity contribution is -0.160. The van der Waals surface area contributed by atoms with E-state index in [0.717, 1.165) is 0 Å². The molecule has 1 aliphatic carbocycles. The Bertz CT molecular complexity index is 1160. The molecule has 4 heterocycles. The number of likely N-dealkylation sites (N-methyl/N-ethyl adjacent to an activating group) is 1. The Labute approximate surface area is 180 Å². The molecule has 2 N–H and O–H groups in total. The smallest absolute Gasteiger partial charge is 0.326 e. The Morgan fingerprint density at radius 3 is 2.28 bits per heavy atom. The average Bonchev–Trinajstić information content (AvgIpc) is 3.09. The number of benzene rings is 1. The number of ether oxygens (including phenoxy) is 3. The van der Waals surface area contributed by atoms with Gasteiger partial charge in [-0.3, -0.25) is 29.9 Å². The van der Waals surface area contributed by atoms with Crippen LogP contribution in [0.3, 0.4) is 0 Å². The highest BCUT2D eigenvalue weighted by atomic mass is 16.6. The number of methoxy groups -OCH3 is 1. The second-order valence-corrected chi connectivity index (χ2v) is 8.53. The number of imide groups is 2. The second kappa shape index (κ2) is 5.90. The molecule has 0 spiro atoms. The van der Waals surface area contributed by atoms with Crippen molar-refractivity contribution in [3.05, 3.63) is 17.2 Å². The largest absolute Gasteiger partial charge is 0.490 e. The number of rotatable bonds is 1. The molecule has 12 nitrogen and oxygen atoms in total. The lowest BCUT2D eigenvalue weighted by Gasteiger charge is -2.56. The Morgan fingerprint density at radius 2 is 1.56 bits per heavy atom. The third-order valence-electron chi connectivity index (χ3n) is 7.17. The number of carbonyl (C=O) groups is 5. The van der Waals surface area contributed by atoms with Crippen LogP contribution in [0.1, 0.15) is 23.0 Å². The number of carbonyl (C=O) groups excluding carboxylic acids is 5. The number of hydrogen-bond donors (Lipinski definition) is 2. The first-order valence-electron chi connectivity index (χ1n) is 10.0. The summed E-state index contributed by atoms with van der Waals surface area (Å²) in [6.07, 6.45) is -0.883. The van der Waals surface area contributed by atoms with Gasteiger partial charge in [0, 0.05) is 31.1 Å². The molecule has 6 atom stereocenters. The first kappa shape index (κ1) is 18.9. The van der Waals surface area contributed by atoms with Crippen LogP contribution in [-0.4, -0.2) is 73.1 Å². The van der Waals surface area contributed by atoms with Crippen LogP contribution in [0.25, 0.3) is 0 Å². The molecule has 0 aromatic heterocycles. The lowest BCUT2D eigenvalue weighted by atomic mass is 9.55. The van der Waals surface area contributed by atoms with Crippen LogP contribution in [0.5, 0.6) is 17.2 Å². The number of fused-ring (bicyclic) bond motifs is 9. The standard InChI is InChI=1S/C20H18N4O8/c1-23-11-9(16(26)22-19(23)28)7-5-4-6-8-15(25)21-20(29)24(2)17(8)31-12(6)14(30-3)13(5)32-18(27)10(7)11/h4,7-11,17H,1-3H3,(H,21,25,29)(H,22,26,28). The van der Waals surface area contributed by atoms with Gasteiger partial charge in [-0.2, -0.15) is 0 Å². The van der Waals surface area contributed by atoms with E-state index in [1.165, 1.54) is 31.0 Å². The highest BCUT2D eigenvalue weighted by Crippen LogP contribution is 2.61.